The van der Waals surface area contributed by atoms with Gasteiger partial charge in [0.05, 0.1) is 5.92 Å². The Balaban J connectivity index is 1.51. The van der Waals surface area contributed by atoms with Gasteiger partial charge in [0.1, 0.15) is 0 Å². The molecule has 0 aromatic heterocycles. The highest BCUT2D eigenvalue weighted by molar-refractivity contribution is 5.83. The van der Waals surface area contributed by atoms with Crippen molar-refractivity contribution in [2.45, 2.75) is 56.5 Å². The van der Waals surface area contributed by atoms with E-state index in [9.17, 15) is 4.79 Å². The quantitative estimate of drug-likeness (QED) is 0.759. The second-order valence-electron chi connectivity index (χ2n) is 7.19. The summed E-state index contributed by atoms with van der Waals surface area (Å²) >= 11 is 0. The Morgan fingerprint density at radius 2 is 1.47 bits per heavy atom. The van der Waals surface area contributed by atoms with Crippen molar-refractivity contribution in [3.05, 3.63) is 0 Å². The second kappa shape index (κ2) is 3.25. The van der Waals surface area contributed by atoms with Crippen LogP contribution in [0.4, 0.5) is 0 Å². The summed E-state index contributed by atoms with van der Waals surface area (Å²) in [7, 11) is 0. The fraction of sp³-hybridized carbons (Fsp3) is 0.929. The van der Waals surface area contributed by atoms with Gasteiger partial charge in [0.15, 0.2) is 0 Å². The molecule has 4 bridgehead atoms. The summed E-state index contributed by atoms with van der Waals surface area (Å²) in [6, 6.07) is 0.143. The van der Waals surface area contributed by atoms with E-state index in [4.69, 9.17) is 5.73 Å². The molecule has 2 unspecified atom stereocenters. The van der Waals surface area contributed by atoms with Gasteiger partial charge in [-0.25, -0.2) is 0 Å². The molecule has 0 spiro atoms. The van der Waals surface area contributed by atoms with Gasteiger partial charge < -0.3 is 11.1 Å². The molecule has 5 rings (SSSR count). The number of carbonyl (C=O) groups is 1. The summed E-state index contributed by atoms with van der Waals surface area (Å²) in [5, 5.41) is 3.40. The molecular weight excluding hydrogens is 212 g/mol. The summed E-state index contributed by atoms with van der Waals surface area (Å²) < 4.78 is 0. The van der Waals surface area contributed by atoms with Crippen molar-refractivity contribution in [3.8, 4) is 0 Å². The molecule has 5 saturated carbocycles. The van der Waals surface area contributed by atoms with Gasteiger partial charge in [-0.3, -0.25) is 4.79 Å². The molecule has 0 aromatic carbocycles. The number of nitrogens with two attached hydrogens (primary N) is 1. The molecule has 3 heteroatoms. The molecule has 0 heterocycles. The van der Waals surface area contributed by atoms with Crippen molar-refractivity contribution in [1.82, 2.24) is 5.32 Å². The summed E-state index contributed by atoms with van der Waals surface area (Å²) in [6.45, 7) is 0. The average molecular weight is 234 g/mol. The molecule has 1 amide bonds. The fourth-order valence-electron chi connectivity index (χ4n) is 5.13. The molecule has 3 N–H and O–H groups in total. The van der Waals surface area contributed by atoms with Crippen molar-refractivity contribution >= 4 is 5.91 Å². The standard InChI is InChI=1S/C14H22N2O/c15-12-4-11(12)13(17)16-14-5-8-1-9(6-14)3-10(2-8)7-14/h8-12H,1-7,15H2,(H,16,17). The van der Waals surface area contributed by atoms with Gasteiger partial charge >= 0.3 is 0 Å². The average Bonchev–Trinajstić information content (AvgIpc) is 2.92. The molecular formula is C14H22N2O. The third-order valence-corrected chi connectivity index (χ3v) is 5.60. The lowest BCUT2D eigenvalue weighted by Crippen LogP contribution is -2.60. The third kappa shape index (κ3) is 1.62. The van der Waals surface area contributed by atoms with Crippen LogP contribution < -0.4 is 11.1 Å². The zero-order valence-corrected chi connectivity index (χ0v) is 10.3. The van der Waals surface area contributed by atoms with Gasteiger partial charge in [-0.05, 0) is 62.7 Å². The van der Waals surface area contributed by atoms with Crippen molar-refractivity contribution in [2.24, 2.45) is 29.4 Å². The maximum absolute atomic E-state index is 12.1. The lowest BCUT2D eigenvalue weighted by molar-refractivity contribution is -0.128. The minimum Gasteiger partial charge on any atom is -0.350 e. The van der Waals surface area contributed by atoms with E-state index in [0.29, 0.717) is 0 Å². The maximum atomic E-state index is 12.1. The van der Waals surface area contributed by atoms with Crippen LogP contribution in [0.2, 0.25) is 0 Å². The highest BCUT2D eigenvalue weighted by Gasteiger charge is 2.53. The monoisotopic (exact) mass is 234 g/mol. The lowest BCUT2D eigenvalue weighted by Gasteiger charge is -2.57. The molecule has 5 fully saturated rings. The first-order valence-electron chi connectivity index (χ1n) is 7.21. The van der Waals surface area contributed by atoms with E-state index >= 15 is 0 Å². The second-order valence-corrected chi connectivity index (χ2v) is 7.19. The van der Waals surface area contributed by atoms with E-state index in [0.717, 1.165) is 24.2 Å². The van der Waals surface area contributed by atoms with Crippen LogP contribution >= 0.6 is 0 Å². The molecule has 94 valence electrons. The van der Waals surface area contributed by atoms with E-state index < -0.39 is 0 Å². The molecule has 0 saturated heterocycles. The number of carbonyl (C=O) groups excluding carboxylic acids is 1. The van der Waals surface area contributed by atoms with Crippen LogP contribution in [-0.4, -0.2) is 17.5 Å². The molecule has 3 nitrogen and oxygen atoms in total. The van der Waals surface area contributed by atoms with Crippen molar-refractivity contribution in [3.63, 3.8) is 0 Å². The Morgan fingerprint density at radius 3 is 1.88 bits per heavy atom. The largest absolute Gasteiger partial charge is 0.350 e. The fourth-order valence-corrected chi connectivity index (χ4v) is 5.13. The Hall–Kier alpha value is -0.570. The molecule has 5 aliphatic rings. The third-order valence-electron chi connectivity index (χ3n) is 5.60. The highest BCUT2D eigenvalue weighted by Crippen LogP contribution is 2.55. The van der Waals surface area contributed by atoms with Crippen LogP contribution in [0.3, 0.4) is 0 Å². The Bertz CT molecular complexity index is 330. The van der Waals surface area contributed by atoms with Gasteiger partial charge in [-0.2, -0.15) is 0 Å². The molecule has 0 radical (unpaired) electrons. The van der Waals surface area contributed by atoms with Gasteiger partial charge in [0.25, 0.3) is 0 Å². The van der Waals surface area contributed by atoms with Crippen LogP contribution in [-0.2, 0) is 4.79 Å². The highest BCUT2D eigenvalue weighted by atomic mass is 16.2. The summed E-state index contributed by atoms with van der Waals surface area (Å²) in [5.41, 5.74) is 5.95. The van der Waals surface area contributed by atoms with Crippen LogP contribution in [0.5, 0.6) is 0 Å². The van der Waals surface area contributed by atoms with Crippen LogP contribution in [0.25, 0.3) is 0 Å². The summed E-state index contributed by atoms with van der Waals surface area (Å²) in [5.74, 6) is 3.07. The molecule has 0 aromatic rings. The first-order chi connectivity index (χ1) is 8.13. The van der Waals surface area contributed by atoms with E-state index in [-0.39, 0.29) is 23.4 Å². The minimum atomic E-state index is 0.128. The maximum Gasteiger partial charge on any atom is 0.225 e. The van der Waals surface area contributed by atoms with Gasteiger partial charge in [0, 0.05) is 11.6 Å². The van der Waals surface area contributed by atoms with E-state index in [1.54, 1.807) is 0 Å². The van der Waals surface area contributed by atoms with Crippen LogP contribution in [0.15, 0.2) is 0 Å². The number of hydrogen-bond donors (Lipinski definition) is 2. The predicted octanol–water partition coefficient (Wildman–Crippen LogP) is 1.42. The molecule has 2 atom stereocenters. The van der Waals surface area contributed by atoms with Gasteiger partial charge in [0.2, 0.25) is 5.91 Å². The smallest absolute Gasteiger partial charge is 0.225 e. The SMILES string of the molecule is NC1CC1C(=O)NC12CC3CC(CC(C3)C1)C2. The molecule has 17 heavy (non-hydrogen) atoms. The van der Waals surface area contributed by atoms with Gasteiger partial charge in [-0.15, -0.1) is 0 Å². The van der Waals surface area contributed by atoms with Crippen molar-refractivity contribution in [1.29, 1.82) is 0 Å². The minimum absolute atomic E-state index is 0.128. The van der Waals surface area contributed by atoms with Crippen molar-refractivity contribution < 1.29 is 4.79 Å². The normalized spacial score (nSPS) is 54.8. The number of rotatable bonds is 2. The van der Waals surface area contributed by atoms with E-state index in [1.165, 1.54) is 38.5 Å². The van der Waals surface area contributed by atoms with E-state index in [2.05, 4.69) is 5.32 Å². The number of nitrogens with one attached hydrogen (secondary N) is 1. The predicted molar refractivity (Wildman–Crippen MR) is 65.1 cm³/mol. The number of hydrogen-bond acceptors (Lipinski definition) is 2. The zero-order valence-electron chi connectivity index (χ0n) is 10.3. The van der Waals surface area contributed by atoms with Gasteiger partial charge in [-0.1, -0.05) is 0 Å². The first kappa shape index (κ1) is 10.4. The lowest BCUT2D eigenvalue weighted by atomic mass is 9.53. The Morgan fingerprint density at radius 1 is 1.00 bits per heavy atom. The van der Waals surface area contributed by atoms with E-state index in [1.807, 2.05) is 0 Å². The summed E-state index contributed by atoms with van der Waals surface area (Å²) in [4.78, 5) is 12.1. The summed E-state index contributed by atoms with van der Waals surface area (Å²) in [6.07, 6.45) is 8.92. The first-order valence-corrected chi connectivity index (χ1v) is 7.21. The topological polar surface area (TPSA) is 55.1 Å². The molecule has 0 aliphatic heterocycles. The Labute approximate surface area is 103 Å². The van der Waals surface area contributed by atoms with Crippen LogP contribution in [0, 0.1) is 23.7 Å². The van der Waals surface area contributed by atoms with Crippen LogP contribution in [0.1, 0.15) is 44.9 Å². The van der Waals surface area contributed by atoms with Crippen molar-refractivity contribution in [2.75, 3.05) is 0 Å². The number of amides is 1. The Kier molecular flexibility index (Phi) is 1.98. The zero-order chi connectivity index (χ0) is 11.6. The molecule has 5 aliphatic carbocycles.